The highest BCUT2D eigenvalue weighted by Crippen LogP contribution is 2.34. The molecule has 0 aromatic rings. The highest BCUT2D eigenvalue weighted by molar-refractivity contribution is 5.85. The van der Waals surface area contributed by atoms with Crippen LogP contribution in [0.5, 0.6) is 0 Å². The molecule has 0 spiro atoms. The Morgan fingerprint density at radius 1 is 1.60 bits per heavy atom. The quantitative estimate of drug-likeness (QED) is 0.743. The minimum atomic E-state index is -0.501. The summed E-state index contributed by atoms with van der Waals surface area (Å²) in [6.07, 6.45) is 3.85. The van der Waals surface area contributed by atoms with Crippen LogP contribution in [-0.2, 0) is 9.53 Å². The van der Waals surface area contributed by atoms with Gasteiger partial charge < -0.3 is 15.8 Å². The van der Waals surface area contributed by atoms with E-state index in [0.717, 1.165) is 19.3 Å². The second-order valence-corrected chi connectivity index (χ2v) is 3.94. The maximum atomic E-state index is 11.7. The van der Waals surface area contributed by atoms with Gasteiger partial charge >= 0.3 is 0 Å². The summed E-state index contributed by atoms with van der Waals surface area (Å²) in [6, 6.07) is 0. The summed E-state index contributed by atoms with van der Waals surface area (Å²) in [5.41, 5.74) is 5.45. The third-order valence-electron chi connectivity index (χ3n) is 3.17. The normalized spacial score (nSPS) is 19.7. The predicted molar refractivity (Wildman–Crippen MR) is 62.1 cm³/mol. The van der Waals surface area contributed by atoms with Crippen LogP contribution in [-0.4, -0.2) is 31.2 Å². The molecular formula is C10H21ClN2O2. The van der Waals surface area contributed by atoms with E-state index in [0.29, 0.717) is 0 Å². The molecule has 0 saturated heterocycles. The summed E-state index contributed by atoms with van der Waals surface area (Å²) in [4.78, 5) is 11.7. The smallest absolute Gasteiger partial charge is 0.250 e. The molecule has 15 heavy (non-hydrogen) atoms. The summed E-state index contributed by atoms with van der Waals surface area (Å²) in [6.45, 7) is 2.34. The van der Waals surface area contributed by atoms with Crippen molar-refractivity contribution in [2.24, 2.45) is 5.73 Å². The summed E-state index contributed by atoms with van der Waals surface area (Å²) in [5, 5.41) is 3.04. The van der Waals surface area contributed by atoms with Crippen LogP contribution in [0.15, 0.2) is 0 Å². The Morgan fingerprint density at radius 3 is 2.47 bits per heavy atom. The predicted octanol–water partition coefficient (Wildman–Crippen LogP) is 0.831. The molecule has 5 heteroatoms. The fraction of sp³-hybridized carbons (Fsp3) is 0.900. The van der Waals surface area contributed by atoms with E-state index in [2.05, 4.69) is 12.2 Å². The van der Waals surface area contributed by atoms with Gasteiger partial charge in [0.05, 0.1) is 0 Å². The van der Waals surface area contributed by atoms with Crippen LogP contribution in [0.4, 0.5) is 0 Å². The number of nitrogens with two attached hydrogens (primary N) is 1. The van der Waals surface area contributed by atoms with E-state index in [9.17, 15) is 4.79 Å². The molecule has 1 unspecified atom stereocenters. The average Bonchev–Trinajstić information content (AvgIpc) is 2.13. The molecule has 1 aliphatic rings. The van der Waals surface area contributed by atoms with Crippen LogP contribution < -0.4 is 11.1 Å². The van der Waals surface area contributed by atoms with Crippen molar-refractivity contribution in [1.82, 2.24) is 5.32 Å². The Morgan fingerprint density at radius 2 is 2.20 bits per heavy atom. The van der Waals surface area contributed by atoms with Crippen molar-refractivity contribution in [2.45, 2.75) is 44.2 Å². The monoisotopic (exact) mass is 236 g/mol. The Kier molecular flexibility index (Phi) is 6.17. The number of carbonyl (C=O) groups is 1. The van der Waals surface area contributed by atoms with Crippen molar-refractivity contribution in [1.29, 1.82) is 0 Å². The Labute approximate surface area is 97.3 Å². The molecule has 1 amide bonds. The van der Waals surface area contributed by atoms with Gasteiger partial charge in [-0.15, -0.1) is 12.4 Å². The number of nitrogens with one attached hydrogen (secondary N) is 1. The number of carbonyl (C=O) groups excluding carboxylic acids is 1. The van der Waals surface area contributed by atoms with Crippen molar-refractivity contribution in [2.75, 3.05) is 13.7 Å². The first kappa shape index (κ1) is 14.7. The molecule has 1 saturated carbocycles. The second-order valence-electron chi connectivity index (χ2n) is 3.94. The minimum absolute atomic E-state index is 0. The zero-order chi connectivity index (χ0) is 10.6. The van der Waals surface area contributed by atoms with Gasteiger partial charge in [-0.2, -0.15) is 0 Å². The summed E-state index contributed by atoms with van der Waals surface area (Å²) in [5.74, 6) is -0.0726. The van der Waals surface area contributed by atoms with Crippen LogP contribution in [0.1, 0.15) is 32.6 Å². The molecule has 4 nitrogen and oxygen atoms in total. The number of rotatable bonds is 5. The molecule has 0 bridgehead atoms. The van der Waals surface area contributed by atoms with Gasteiger partial charge in [-0.1, -0.05) is 6.92 Å². The standard InChI is InChI=1S/C10H20N2O2.ClH/c1-3-10(5-4-6-10)12-9(13)8(7-11)14-2;/h8H,3-7,11H2,1-2H3,(H,12,13);1H. The van der Waals surface area contributed by atoms with Gasteiger partial charge in [-0.25, -0.2) is 0 Å². The van der Waals surface area contributed by atoms with Gasteiger partial charge in [0.2, 0.25) is 0 Å². The molecule has 1 aliphatic carbocycles. The van der Waals surface area contributed by atoms with Gasteiger partial charge in [0.1, 0.15) is 6.10 Å². The van der Waals surface area contributed by atoms with Crippen molar-refractivity contribution in [3.63, 3.8) is 0 Å². The SMILES string of the molecule is CCC1(NC(=O)C(CN)OC)CCC1.Cl. The molecule has 0 aliphatic heterocycles. The molecule has 3 N–H and O–H groups in total. The highest BCUT2D eigenvalue weighted by Gasteiger charge is 2.37. The van der Waals surface area contributed by atoms with Gasteiger partial charge in [0.15, 0.2) is 0 Å². The maximum absolute atomic E-state index is 11.7. The molecule has 1 rings (SSSR count). The zero-order valence-electron chi connectivity index (χ0n) is 9.41. The van der Waals surface area contributed by atoms with E-state index >= 15 is 0 Å². The Hall–Kier alpha value is -0.320. The van der Waals surface area contributed by atoms with Crippen LogP contribution in [0.2, 0.25) is 0 Å². The maximum Gasteiger partial charge on any atom is 0.250 e. The number of hydrogen-bond acceptors (Lipinski definition) is 3. The number of ether oxygens (including phenoxy) is 1. The van der Waals surface area contributed by atoms with E-state index in [1.807, 2.05) is 0 Å². The van der Waals surface area contributed by atoms with E-state index in [1.54, 1.807) is 0 Å². The largest absolute Gasteiger partial charge is 0.370 e. The minimum Gasteiger partial charge on any atom is -0.370 e. The lowest BCUT2D eigenvalue weighted by molar-refractivity contribution is -0.133. The van der Waals surface area contributed by atoms with Crippen molar-refractivity contribution >= 4 is 18.3 Å². The average molecular weight is 237 g/mol. The third-order valence-corrected chi connectivity index (χ3v) is 3.17. The molecule has 0 heterocycles. The number of hydrogen-bond donors (Lipinski definition) is 2. The molecule has 1 fully saturated rings. The van der Waals surface area contributed by atoms with Crippen LogP contribution >= 0.6 is 12.4 Å². The first-order valence-corrected chi connectivity index (χ1v) is 5.22. The summed E-state index contributed by atoms with van der Waals surface area (Å²) in [7, 11) is 1.51. The van der Waals surface area contributed by atoms with E-state index in [1.165, 1.54) is 13.5 Å². The first-order valence-electron chi connectivity index (χ1n) is 5.22. The van der Waals surface area contributed by atoms with Gasteiger partial charge in [0, 0.05) is 19.2 Å². The summed E-state index contributed by atoms with van der Waals surface area (Å²) < 4.78 is 4.98. The number of amides is 1. The Bertz CT molecular complexity index is 198. The molecular weight excluding hydrogens is 216 g/mol. The van der Waals surface area contributed by atoms with Crippen LogP contribution in [0, 0.1) is 0 Å². The summed E-state index contributed by atoms with van der Waals surface area (Å²) >= 11 is 0. The lowest BCUT2D eigenvalue weighted by Crippen LogP contribution is -2.56. The molecule has 90 valence electrons. The molecule has 0 radical (unpaired) electrons. The molecule has 1 atom stereocenters. The molecule has 0 aromatic heterocycles. The first-order chi connectivity index (χ1) is 6.67. The fourth-order valence-electron chi connectivity index (χ4n) is 1.82. The Balaban J connectivity index is 0.00000196. The zero-order valence-corrected chi connectivity index (χ0v) is 10.2. The van der Waals surface area contributed by atoms with E-state index in [4.69, 9.17) is 10.5 Å². The molecule has 0 aromatic carbocycles. The van der Waals surface area contributed by atoms with Crippen molar-refractivity contribution in [3.8, 4) is 0 Å². The van der Waals surface area contributed by atoms with E-state index < -0.39 is 6.10 Å². The topological polar surface area (TPSA) is 64.4 Å². The number of halogens is 1. The van der Waals surface area contributed by atoms with Gasteiger partial charge in [-0.05, 0) is 25.7 Å². The van der Waals surface area contributed by atoms with Gasteiger partial charge in [-0.3, -0.25) is 4.79 Å². The third kappa shape index (κ3) is 3.33. The lowest BCUT2D eigenvalue weighted by atomic mass is 9.75. The van der Waals surface area contributed by atoms with Crippen molar-refractivity contribution in [3.05, 3.63) is 0 Å². The number of methoxy groups -OCH3 is 1. The fourth-order valence-corrected chi connectivity index (χ4v) is 1.82. The van der Waals surface area contributed by atoms with Crippen LogP contribution in [0.25, 0.3) is 0 Å². The van der Waals surface area contributed by atoms with E-state index in [-0.39, 0.29) is 30.4 Å². The highest BCUT2D eigenvalue weighted by atomic mass is 35.5. The van der Waals surface area contributed by atoms with Crippen LogP contribution in [0.3, 0.4) is 0 Å². The lowest BCUT2D eigenvalue weighted by Gasteiger charge is -2.42. The van der Waals surface area contributed by atoms with Gasteiger partial charge in [0.25, 0.3) is 5.91 Å². The van der Waals surface area contributed by atoms with Crippen molar-refractivity contribution < 1.29 is 9.53 Å². The second kappa shape index (κ2) is 6.30.